The molecule has 0 spiro atoms. The van der Waals surface area contributed by atoms with Gasteiger partial charge < -0.3 is 0 Å². The molecule has 0 bridgehead atoms. The lowest BCUT2D eigenvalue weighted by Crippen LogP contribution is -2.02. The maximum absolute atomic E-state index is 2.62. The second-order valence-electron chi connectivity index (χ2n) is 7.29. The molecule has 0 atom stereocenters. The van der Waals surface area contributed by atoms with Gasteiger partial charge in [-0.15, -0.1) is 0 Å². The lowest BCUT2D eigenvalue weighted by molar-refractivity contribution is 0.396. The summed E-state index contributed by atoms with van der Waals surface area (Å²) in [6, 6.07) is 0. The second kappa shape index (κ2) is 19.0. The molecule has 0 saturated heterocycles. The summed E-state index contributed by atoms with van der Waals surface area (Å²) in [6.07, 6.45) is 26.9. The predicted octanol–water partition coefficient (Wildman–Crippen LogP) is 8.50. The molecule has 0 aromatic rings. The molecule has 0 aliphatic carbocycles. The van der Waals surface area contributed by atoms with E-state index in [0.29, 0.717) is 0 Å². The molecule has 0 aromatic heterocycles. The SMILES string of the molecule is CCCCCCC[CH]CC(CCCCCC)CCCCCC. The number of rotatable bonds is 18. The molecule has 0 heteroatoms. The van der Waals surface area contributed by atoms with Gasteiger partial charge in [0.15, 0.2) is 0 Å². The van der Waals surface area contributed by atoms with Crippen molar-refractivity contribution in [1.29, 1.82) is 0 Å². The lowest BCUT2D eigenvalue weighted by Gasteiger charge is -2.16. The van der Waals surface area contributed by atoms with E-state index < -0.39 is 0 Å². The second-order valence-corrected chi connectivity index (χ2v) is 7.29. The Morgan fingerprint density at radius 3 is 1.50 bits per heavy atom. The Hall–Kier alpha value is 0. The topological polar surface area (TPSA) is 0 Å². The summed E-state index contributed by atoms with van der Waals surface area (Å²) in [5.41, 5.74) is 0. The Balaban J connectivity index is 3.66. The molecule has 0 rings (SSSR count). The van der Waals surface area contributed by atoms with Gasteiger partial charge >= 0.3 is 0 Å². The third kappa shape index (κ3) is 16.4. The number of hydrogen-bond donors (Lipinski definition) is 0. The summed E-state index contributed by atoms with van der Waals surface area (Å²) in [5, 5.41) is 0. The highest BCUT2D eigenvalue weighted by Gasteiger charge is 2.08. The van der Waals surface area contributed by atoms with Crippen molar-refractivity contribution >= 4 is 0 Å². The smallest absolute Gasteiger partial charge is 0.0383 e. The van der Waals surface area contributed by atoms with Crippen LogP contribution in [0.25, 0.3) is 0 Å². The van der Waals surface area contributed by atoms with Gasteiger partial charge in [-0.1, -0.05) is 124 Å². The van der Waals surface area contributed by atoms with Crippen LogP contribution in [0.5, 0.6) is 0 Å². The third-order valence-corrected chi connectivity index (χ3v) is 4.94. The summed E-state index contributed by atoms with van der Waals surface area (Å²) in [7, 11) is 0. The molecule has 1 radical (unpaired) electrons. The van der Waals surface area contributed by atoms with Crippen LogP contribution in [0.4, 0.5) is 0 Å². The summed E-state index contributed by atoms with van der Waals surface area (Å²) < 4.78 is 0. The molecule has 0 unspecified atom stereocenters. The van der Waals surface area contributed by atoms with Crippen LogP contribution in [-0.2, 0) is 0 Å². The van der Waals surface area contributed by atoms with Crippen LogP contribution in [-0.4, -0.2) is 0 Å². The zero-order chi connectivity index (χ0) is 16.3. The summed E-state index contributed by atoms with van der Waals surface area (Å²) in [4.78, 5) is 0. The van der Waals surface area contributed by atoms with Crippen molar-refractivity contribution in [3.05, 3.63) is 6.42 Å². The van der Waals surface area contributed by atoms with Gasteiger partial charge in [-0.25, -0.2) is 0 Å². The highest BCUT2D eigenvalue weighted by atomic mass is 14.1. The first-order valence-electron chi connectivity index (χ1n) is 10.7. The molecular formula is C22H45. The number of unbranched alkanes of at least 4 members (excludes halogenated alkanes) is 12. The van der Waals surface area contributed by atoms with Gasteiger partial charge in [0.1, 0.15) is 0 Å². The van der Waals surface area contributed by atoms with Crippen molar-refractivity contribution in [2.24, 2.45) is 5.92 Å². The zero-order valence-electron chi connectivity index (χ0n) is 16.2. The van der Waals surface area contributed by atoms with Crippen LogP contribution in [0.3, 0.4) is 0 Å². The van der Waals surface area contributed by atoms with E-state index in [1.807, 2.05) is 0 Å². The van der Waals surface area contributed by atoms with E-state index in [-0.39, 0.29) is 0 Å². The first-order chi connectivity index (χ1) is 10.8. The zero-order valence-corrected chi connectivity index (χ0v) is 16.2. The Morgan fingerprint density at radius 2 is 1.00 bits per heavy atom. The minimum atomic E-state index is 0.990. The van der Waals surface area contributed by atoms with E-state index in [2.05, 4.69) is 27.2 Å². The van der Waals surface area contributed by atoms with Crippen molar-refractivity contribution in [2.45, 2.75) is 130 Å². The molecule has 0 saturated carbocycles. The Bertz CT molecular complexity index is 172. The van der Waals surface area contributed by atoms with E-state index in [0.717, 1.165) is 5.92 Å². The van der Waals surface area contributed by atoms with E-state index in [4.69, 9.17) is 0 Å². The monoisotopic (exact) mass is 309 g/mol. The van der Waals surface area contributed by atoms with Gasteiger partial charge in [-0.2, -0.15) is 0 Å². The molecule has 0 aromatic carbocycles. The van der Waals surface area contributed by atoms with Gasteiger partial charge in [-0.05, 0) is 18.8 Å². The molecular weight excluding hydrogens is 264 g/mol. The molecule has 0 heterocycles. The molecule has 0 N–H and O–H groups in total. The van der Waals surface area contributed by atoms with Crippen molar-refractivity contribution < 1.29 is 0 Å². The first-order valence-corrected chi connectivity index (χ1v) is 10.7. The highest BCUT2D eigenvalue weighted by molar-refractivity contribution is 4.72. The molecule has 0 aliphatic rings. The third-order valence-electron chi connectivity index (χ3n) is 4.94. The van der Waals surface area contributed by atoms with E-state index in [9.17, 15) is 0 Å². The van der Waals surface area contributed by atoms with Crippen molar-refractivity contribution in [3.8, 4) is 0 Å². The fourth-order valence-electron chi connectivity index (χ4n) is 3.35. The number of hydrogen-bond acceptors (Lipinski definition) is 0. The van der Waals surface area contributed by atoms with Crippen molar-refractivity contribution in [3.63, 3.8) is 0 Å². The molecule has 0 fully saturated rings. The summed E-state index contributed by atoms with van der Waals surface area (Å²) in [5.74, 6) is 0.990. The Kier molecular flexibility index (Phi) is 19.0. The minimum Gasteiger partial charge on any atom is -0.0654 e. The van der Waals surface area contributed by atoms with Crippen LogP contribution >= 0.6 is 0 Å². The molecule has 0 aliphatic heterocycles. The fraction of sp³-hybridized carbons (Fsp3) is 0.955. The molecule has 22 heavy (non-hydrogen) atoms. The van der Waals surface area contributed by atoms with Crippen LogP contribution in [0.15, 0.2) is 0 Å². The minimum absolute atomic E-state index is 0.990. The lowest BCUT2D eigenvalue weighted by atomic mass is 9.89. The fourth-order valence-corrected chi connectivity index (χ4v) is 3.35. The Labute approximate surface area is 142 Å². The van der Waals surface area contributed by atoms with Gasteiger partial charge in [0.05, 0.1) is 0 Å². The average molecular weight is 310 g/mol. The van der Waals surface area contributed by atoms with Crippen LogP contribution < -0.4 is 0 Å². The standard InChI is InChI=1S/C22H45/c1-4-7-10-13-14-15-18-21-22(19-16-11-8-5-2)20-17-12-9-6-3/h18,22H,4-17,19-21H2,1-3H3. The largest absolute Gasteiger partial charge is 0.0654 e. The summed E-state index contributed by atoms with van der Waals surface area (Å²) in [6.45, 7) is 6.93. The van der Waals surface area contributed by atoms with Gasteiger partial charge in [0.25, 0.3) is 0 Å². The molecule has 0 nitrogen and oxygen atoms in total. The first kappa shape index (κ1) is 22.0. The van der Waals surface area contributed by atoms with E-state index in [1.165, 1.54) is 109 Å². The summed E-state index contributed by atoms with van der Waals surface area (Å²) >= 11 is 0. The quantitative estimate of drug-likeness (QED) is 0.223. The molecule has 133 valence electrons. The normalized spacial score (nSPS) is 11.5. The van der Waals surface area contributed by atoms with Gasteiger partial charge in [-0.3, -0.25) is 0 Å². The predicted molar refractivity (Wildman–Crippen MR) is 103 cm³/mol. The highest BCUT2D eigenvalue weighted by Crippen LogP contribution is 2.23. The van der Waals surface area contributed by atoms with E-state index >= 15 is 0 Å². The molecule has 0 amide bonds. The van der Waals surface area contributed by atoms with Gasteiger partial charge in [0, 0.05) is 0 Å². The van der Waals surface area contributed by atoms with Crippen LogP contribution in [0.2, 0.25) is 0 Å². The van der Waals surface area contributed by atoms with Gasteiger partial charge in [0.2, 0.25) is 0 Å². The average Bonchev–Trinajstić information content (AvgIpc) is 2.53. The maximum atomic E-state index is 2.62. The van der Waals surface area contributed by atoms with Crippen LogP contribution in [0.1, 0.15) is 130 Å². The van der Waals surface area contributed by atoms with E-state index in [1.54, 1.807) is 0 Å². The van der Waals surface area contributed by atoms with Crippen molar-refractivity contribution in [1.82, 2.24) is 0 Å². The Morgan fingerprint density at radius 1 is 0.545 bits per heavy atom. The van der Waals surface area contributed by atoms with Crippen molar-refractivity contribution in [2.75, 3.05) is 0 Å². The maximum Gasteiger partial charge on any atom is -0.0383 e. The van der Waals surface area contributed by atoms with Crippen LogP contribution in [0, 0.1) is 12.3 Å².